The second kappa shape index (κ2) is 38.0. The number of carbonyl (C=O) groups is 2. The van der Waals surface area contributed by atoms with Crippen molar-refractivity contribution >= 4 is 109 Å². The average molecular weight is 1540 g/mol. The number of aromatic carboxylic acids is 1. The van der Waals surface area contributed by atoms with E-state index in [2.05, 4.69) is 108 Å². The number of nitrogens with one attached hydrogen (secondary N) is 1. The number of ether oxygens (including phenoxy) is 4. The second-order valence-electron chi connectivity index (χ2n) is 23.8. The number of carbonyl (C=O) groups excluding carboxylic acids is 1. The first-order valence-corrected chi connectivity index (χ1v) is 35.4. The number of nitrogen functional groups attached to an aromatic ring is 1. The third kappa shape index (κ3) is 22.0. The van der Waals surface area contributed by atoms with Gasteiger partial charge in [0.05, 0.1) is 115 Å². The molecule has 0 aliphatic carbocycles. The van der Waals surface area contributed by atoms with Crippen molar-refractivity contribution < 1.29 is 51.3 Å². The predicted molar refractivity (Wildman–Crippen MR) is 397 cm³/mol. The van der Waals surface area contributed by atoms with Crippen molar-refractivity contribution in [1.29, 1.82) is 0 Å². The summed E-state index contributed by atoms with van der Waals surface area (Å²) in [5.74, 6) is -0.883. The number of morpholine rings is 4. The molecular weight excluding hydrogens is 1450 g/mol. The van der Waals surface area contributed by atoms with Crippen LogP contribution in [0.15, 0.2) is 210 Å². The van der Waals surface area contributed by atoms with E-state index >= 15 is 0 Å². The molecule has 0 spiro atoms. The minimum Gasteiger partial charge on any atom is -0.478 e. The topological polar surface area (TPSA) is 227 Å². The van der Waals surface area contributed by atoms with Crippen molar-refractivity contribution in [2.24, 2.45) is 0 Å². The first-order valence-electron chi connectivity index (χ1n) is 32.7. The third-order valence-electron chi connectivity index (χ3n) is 16.7. The zero-order chi connectivity index (χ0) is 67.8. The predicted octanol–water partition coefficient (Wildman–Crippen LogP) is 14.8. The highest BCUT2D eigenvalue weighted by molar-refractivity contribution is 9.10. The number of fused-ring (bicyclic) bond motifs is 4. The first kappa shape index (κ1) is 73.7. The minimum atomic E-state index is -0.950. The zero-order valence-corrected chi connectivity index (χ0v) is 59.2. The molecule has 0 saturated carbocycles. The number of carboxylic acids is 1. The molecule has 20 nitrogen and oxygen atoms in total. The molecule has 4 aliphatic rings. The Kier molecular flexibility index (Phi) is 28.2. The molecule has 0 unspecified atom stereocenters. The van der Waals surface area contributed by atoms with E-state index in [9.17, 15) is 9.59 Å². The van der Waals surface area contributed by atoms with Gasteiger partial charge >= 0.3 is 5.97 Å². The van der Waals surface area contributed by atoms with Gasteiger partial charge in [-0.2, -0.15) is 10.2 Å². The van der Waals surface area contributed by atoms with Gasteiger partial charge in [-0.05, 0) is 83.4 Å². The van der Waals surface area contributed by atoms with Crippen LogP contribution in [0.2, 0.25) is 0 Å². The van der Waals surface area contributed by atoms with Crippen molar-refractivity contribution in [3.63, 3.8) is 0 Å². The van der Waals surface area contributed by atoms with Crippen LogP contribution >= 0.6 is 47.8 Å². The summed E-state index contributed by atoms with van der Waals surface area (Å²) >= 11 is 10.3. The molecule has 99 heavy (non-hydrogen) atoms. The fourth-order valence-electron chi connectivity index (χ4n) is 11.4. The van der Waals surface area contributed by atoms with E-state index in [0.29, 0.717) is 25.1 Å². The number of nitrogens with zero attached hydrogens (tertiary/aromatic N) is 7. The van der Waals surface area contributed by atoms with Gasteiger partial charge in [0.2, 0.25) is 0 Å². The molecule has 4 N–H and O–H groups in total. The van der Waals surface area contributed by atoms with Crippen molar-refractivity contribution in [2.45, 2.75) is 51.9 Å². The lowest BCUT2D eigenvalue weighted by atomic mass is 10.0. The van der Waals surface area contributed by atoms with Crippen molar-refractivity contribution in [2.75, 3.05) is 111 Å². The van der Waals surface area contributed by atoms with Gasteiger partial charge in [0.15, 0.2) is 5.78 Å². The van der Waals surface area contributed by atoms with Crippen LogP contribution in [0.3, 0.4) is 0 Å². The fraction of sp³-hybridized carbons (Fsp3) is 0.316. The number of anilines is 1. The SMILES string of the molecule is BrCc1coc2ccc(Br)cc12.Brc1ccc2occ(CN3CCOCC3)c2c1.C.C1COCCN1.Nc1ccc2occ(CN3CCOCC3)c2c1.O=C(Cc1ccc2occ(CN3CCOCC3)c2c1)c1cnn(Cc2ccccc2)c1.O=C(O)c1cnn(Cc2ccccc2)c1. The fourth-order valence-corrected chi connectivity index (χ4v) is 12.6. The Hall–Kier alpha value is -8.04. The number of rotatable bonds is 15. The summed E-state index contributed by atoms with van der Waals surface area (Å²) < 4.78 is 48.9. The van der Waals surface area contributed by atoms with Crippen LogP contribution in [0, 0.1) is 0 Å². The molecule has 12 aromatic rings. The van der Waals surface area contributed by atoms with Gasteiger partial charge in [-0.15, -0.1) is 0 Å². The number of benzene rings is 6. The highest BCUT2D eigenvalue weighted by atomic mass is 79.9. The molecule has 0 bridgehead atoms. The van der Waals surface area contributed by atoms with Gasteiger partial charge in [0.1, 0.15) is 22.3 Å². The number of Topliss-reactive ketones (excluding diaryl/α,β-unsaturated/α-hetero) is 1. The standard InChI is InChI=1S/C25H25N3O3.C13H14BrNO2.C13H16N2O2.C11H10N2O2.C9H6Br2O.C4H9NO.CH4/c29-24(21-14-26-28(17-21)15-19-4-2-1-3-5-19)13-20-6-7-25-23(12-20)22(18-31-25)16-27-8-10-30-11-9-27;2*14-11-1-2-13-12(7-11)10(9-17-13)8-15-3-5-16-6-4-15;14-11(15)10-6-12-13(8-10)7-9-4-2-1-3-5-9;10-4-6-5-12-9-2-1-7(11)3-8(6)9;1-3-6-4-2-5-1;/h1-7,12,14,17-18H,8-11,13,15-16H2;1-2,7,9H,3-6,8H2;1-2,7,9H,3-6,8,14H2;1-6,8H,7H2,(H,14,15);1-3,5H,4H2;5H,1-4H2;1H4. The second-order valence-corrected chi connectivity index (χ2v) is 26.2. The van der Waals surface area contributed by atoms with Crippen LogP contribution in [0.5, 0.6) is 0 Å². The molecule has 16 rings (SSSR count). The van der Waals surface area contributed by atoms with Gasteiger partial charge in [-0.1, -0.05) is 122 Å². The van der Waals surface area contributed by atoms with Crippen LogP contribution in [0.1, 0.15) is 67.1 Å². The molecule has 6 aromatic heterocycles. The zero-order valence-electron chi connectivity index (χ0n) is 54.5. The normalized spacial score (nSPS) is 15.0. The Morgan fingerprint density at radius 3 is 1.28 bits per heavy atom. The molecule has 0 atom stereocenters. The summed E-state index contributed by atoms with van der Waals surface area (Å²) in [6, 6.07) is 43.8. The summed E-state index contributed by atoms with van der Waals surface area (Å²) in [7, 11) is 0. The molecule has 4 aliphatic heterocycles. The lowest BCUT2D eigenvalue weighted by Gasteiger charge is -2.26. The van der Waals surface area contributed by atoms with Gasteiger partial charge < -0.3 is 52.8 Å². The van der Waals surface area contributed by atoms with Crippen molar-refractivity contribution in [1.82, 2.24) is 39.6 Å². The molecule has 4 fully saturated rings. The van der Waals surface area contributed by atoms with Crippen LogP contribution in [-0.2, 0) is 63.4 Å². The molecule has 520 valence electrons. The molecule has 0 amide bonds. The lowest BCUT2D eigenvalue weighted by Crippen LogP contribution is -2.35. The van der Waals surface area contributed by atoms with E-state index in [4.69, 9.17) is 47.5 Å². The number of halogens is 3. The average Bonchev–Trinajstić information content (AvgIpc) is 1.75. The maximum atomic E-state index is 12.9. The largest absolute Gasteiger partial charge is 0.478 e. The monoisotopic (exact) mass is 1540 g/mol. The van der Waals surface area contributed by atoms with E-state index in [0.717, 1.165) is 200 Å². The quantitative estimate of drug-likeness (QED) is 0.0492. The van der Waals surface area contributed by atoms with E-state index in [1.54, 1.807) is 17.1 Å². The molecular formula is C76H84Br3N9O11. The van der Waals surface area contributed by atoms with E-state index in [1.807, 2.05) is 133 Å². The Morgan fingerprint density at radius 2 is 0.859 bits per heavy atom. The summed E-state index contributed by atoms with van der Waals surface area (Å²) in [6.07, 6.45) is 14.0. The first-order chi connectivity index (χ1) is 48.0. The Bertz CT molecular complexity index is 4320. The van der Waals surface area contributed by atoms with Crippen LogP contribution in [0.25, 0.3) is 43.9 Å². The molecule has 23 heteroatoms. The van der Waals surface area contributed by atoms with Crippen molar-refractivity contribution in [3.8, 4) is 0 Å². The number of aromatic nitrogens is 4. The highest BCUT2D eigenvalue weighted by Crippen LogP contribution is 2.30. The van der Waals surface area contributed by atoms with Crippen molar-refractivity contribution in [3.05, 3.63) is 242 Å². The summed E-state index contributed by atoms with van der Waals surface area (Å²) in [5, 5.41) is 25.6. The van der Waals surface area contributed by atoms with Gasteiger partial charge in [0, 0.05) is 155 Å². The number of ketones is 1. The number of alkyl halides is 1. The third-order valence-corrected chi connectivity index (χ3v) is 18.3. The maximum Gasteiger partial charge on any atom is 0.338 e. The number of hydrogen-bond acceptors (Lipinski definition) is 17. The number of nitrogens with two attached hydrogens (primary N) is 1. The number of hydrogen-bond donors (Lipinski definition) is 3. The minimum absolute atomic E-state index is 0. The lowest BCUT2D eigenvalue weighted by molar-refractivity contribution is 0.0342. The number of furan rings is 4. The molecule has 6 aromatic carbocycles. The summed E-state index contributed by atoms with van der Waals surface area (Å²) in [5.41, 5.74) is 19.1. The van der Waals surface area contributed by atoms with Crippen LogP contribution < -0.4 is 11.1 Å². The Labute approximate surface area is 601 Å². The molecule has 0 radical (unpaired) electrons. The summed E-state index contributed by atoms with van der Waals surface area (Å²) in [4.78, 5) is 30.6. The van der Waals surface area contributed by atoms with Crippen LogP contribution in [0.4, 0.5) is 5.69 Å². The summed E-state index contributed by atoms with van der Waals surface area (Å²) in [6.45, 7) is 18.4. The smallest absolute Gasteiger partial charge is 0.338 e. The Balaban J connectivity index is 0.000000136. The van der Waals surface area contributed by atoms with E-state index in [1.165, 1.54) is 39.9 Å². The van der Waals surface area contributed by atoms with E-state index < -0.39 is 5.97 Å². The number of carboxylic acid groups (broad SMARTS) is 1. The van der Waals surface area contributed by atoms with Gasteiger partial charge in [-0.25, -0.2) is 4.79 Å². The van der Waals surface area contributed by atoms with Gasteiger partial charge in [-0.3, -0.25) is 28.9 Å². The molecule has 10 heterocycles. The van der Waals surface area contributed by atoms with Crippen LogP contribution in [-0.4, -0.2) is 156 Å². The Morgan fingerprint density at radius 1 is 0.465 bits per heavy atom. The maximum absolute atomic E-state index is 12.9. The highest BCUT2D eigenvalue weighted by Gasteiger charge is 2.19. The van der Waals surface area contributed by atoms with E-state index in [-0.39, 0.29) is 18.8 Å². The van der Waals surface area contributed by atoms with Gasteiger partial charge in [0.25, 0.3) is 0 Å². The molecule has 4 saturated heterocycles.